The van der Waals surface area contributed by atoms with Crippen LogP contribution in [0, 0.1) is 0 Å². The number of para-hydroxylation sites is 1. The molecule has 2 amide bonds. The van der Waals surface area contributed by atoms with Gasteiger partial charge in [-0.1, -0.05) is 78.6 Å². The lowest BCUT2D eigenvalue weighted by atomic mass is 10.1. The first kappa shape index (κ1) is 24.5. The molecule has 0 atom stereocenters. The van der Waals surface area contributed by atoms with Gasteiger partial charge in [0.1, 0.15) is 10.9 Å². The number of methoxy groups -OCH3 is 2. The van der Waals surface area contributed by atoms with Crippen molar-refractivity contribution in [3.63, 3.8) is 0 Å². The molecule has 0 aromatic heterocycles. The van der Waals surface area contributed by atoms with Gasteiger partial charge in [0.05, 0.1) is 25.7 Å². The van der Waals surface area contributed by atoms with Gasteiger partial charge in [0.2, 0.25) is 5.91 Å². The van der Waals surface area contributed by atoms with Crippen LogP contribution in [0.25, 0.3) is 6.08 Å². The standard InChI is InChI=1S/C27H24N2O4S2/c1-32-22-14-13-20(15-23(22)33-2)16-24-26(31)29(27(34)35-24)18-25(30)28(21-11-7-4-8-12-21)17-19-9-5-3-6-10-19/h3-16H,17-18H2,1-2H3/b24-16-. The second-order valence-electron chi connectivity index (χ2n) is 7.68. The molecule has 0 unspecified atom stereocenters. The van der Waals surface area contributed by atoms with Gasteiger partial charge >= 0.3 is 0 Å². The van der Waals surface area contributed by atoms with E-state index in [2.05, 4.69) is 0 Å². The van der Waals surface area contributed by atoms with Crippen LogP contribution in [0.5, 0.6) is 11.5 Å². The van der Waals surface area contributed by atoms with E-state index in [9.17, 15) is 9.59 Å². The minimum atomic E-state index is -0.296. The van der Waals surface area contributed by atoms with Crippen LogP contribution in [0.3, 0.4) is 0 Å². The lowest BCUT2D eigenvalue weighted by molar-refractivity contribution is -0.127. The second kappa shape index (κ2) is 11.2. The molecule has 3 aromatic carbocycles. The van der Waals surface area contributed by atoms with Crippen molar-refractivity contribution in [3.05, 3.63) is 94.9 Å². The number of carbonyl (C=O) groups excluding carboxylic acids is 2. The number of thiocarbonyl (C=S) groups is 1. The first-order valence-electron chi connectivity index (χ1n) is 10.9. The molecule has 0 N–H and O–H groups in total. The Kier molecular flexibility index (Phi) is 7.84. The SMILES string of the molecule is COc1ccc(/C=C2\SC(=S)N(CC(=O)N(Cc3ccccc3)c3ccccc3)C2=O)cc1OC. The smallest absolute Gasteiger partial charge is 0.266 e. The number of ether oxygens (including phenoxy) is 2. The number of anilines is 1. The summed E-state index contributed by atoms with van der Waals surface area (Å²) in [6.07, 6.45) is 1.74. The zero-order valence-electron chi connectivity index (χ0n) is 19.3. The van der Waals surface area contributed by atoms with Gasteiger partial charge in [-0.15, -0.1) is 0 Å². The number of rotatable bonds is 8. The van der Waals surface area contributed by atoms with E-state index in [-0.39, 0.29) is 18.4 Å². The first-order valence-corrected chi connectivity index (χ1v) is 12.1. The largest absolute Gasteiger partial charge is 0.493 e. The quantitative estimate of drug-likeness (QED) is 0.313. The number of amides is 2. The van der Waals surface area contributed by atoms with Crippen LogP contribution in [0.1, 0.15) is 11.1 Å². The number of hydrogen-bond acceptors (Lipinski definition) is 6. The van der Waals surface area contributed by atoms with Crippen molar-refractivity contribution in [2.75, 3.05) is 25.7 Å². The second-order valence-corrected chi connectivity index (χ2v) is 9.36. The monoisotopic (exact) mass is 504 g/mol. The minimum Gasteiger partial charge on any atom is -0.493 e. The van der Waals surface area contributed by atoms with Crippen molar-refractivity contribution < 1.29 is 19.1 Å². The maximum absolute atomic E-state index is 13.4. The summed E-state index contributed by atoms with van der Waals surface area (Å²) < 4.78 is 11.0. The van der Waals surface area contributed by atoms with Gasteiger partial charge in [0.15, 0.2) is 11.5 Å². The van der Waals surface area contributed by atoms with Crippen molar-refractivity contribution in [3.8, 4) is 11.5 Å². The molecule has 178 valence electrons. The third-order valence-electron chi connectivity index (χ3n) is 5.42. The molecule has 1 aliphatic rings. The Bertz CT molecular complexity index is 1260. The van der Waals surface area contributed by atoms with Crippen molar-refractivity contribution in [1.82, 2.24) is 4.90 Å². The molecule has 8 heteroatoms. The number of carbonyl (C=O) groups is 2. The third-order valence-corrected chi connectivity index (χ3v) is 6.80. The predicted octanol–water partition coefficient (Wildman–Crippen LogP) is 5.14. The summed E-state index contributed by atoms with van der Waals surface area (Å²) in [5, 5.41) is 0. The van der Waals surface area contributed by atoms with Gasteiger partial charge in [0, 0.05) is 5.69 Å². The van der Waals surface area contributed by atoms with Gasteiger partial charge < -0.3 is 14.4 Å². The van der Waals surface area contributed by atoms with Gasteiger partial charge in [-0.05, 0) is 41.5 Å². The molecule has 0 spiro atoms. The molecule has 4 rings (SSSR count). The fourth-order valence-corrected chi connectivity index (χ4v) is 4.90. The van der Waals surface area contributed by atoms with Crippen molar-refractivity contribution in [2.45, 2.75) is 6.54 Å². The van der Waals surface area contributed by atoms with Crippen LogP contribution in [-0.4, -0.2) is 41.8 Å². The number of benzene rings is 3. The summed E-state index contributed by atoms with van der Waals surface area (Å²) in [7, 11) is 3.12. The molecule has 3 aromatic rings. The van der Waals surface area contributed by atoms with Gasteiger partial charge in [0.25, 0.3) is 5.91 Å². The van der Waals surface area contributed by atoms with Gasteiger partial charge in [-0.3, -0.25) is 14.5 Å². The minimum absolute atomic E-state index is 0.143. The number of hydrogen-bond donors (Lipinski definition) is 0. The lowest BCUT2D eigenvalue weighted by Gasteiger charge is -2.25. The molecule has 1 saturated heterocycles. The Balaban J connectivity index is 1.54. The summed E-state index contributed by atoms with van der Waals surface area (Å²) in [4.78, 5) is 30.1. The normalized spacial score (nSPS) is 14.3. The van der Waals surface area contributed by atoms with Gasteiger partial charge in [-0.25, -0.2) is 0 Å². The topological polar surface area (TPSA) is 59.1 Å². The van der Waals surface area contributed by atoms with E-state index < -0.39 is 0 Å². The van der Waals surface area contributed by atoms with Gasteiger partial charge in [-0.2, -0.15) is 0 Å². The van der Waals surface area contributed by atoms with Crippen LogP contribution < -0.4 is 14.4 Å². The first-order chi connectivity index (χ1) is 17.0. The molecular formula is C27H24N2O4S2. The summed E-state index contributed by atoms with van der Waals surface area (Å²) in [6, 6.07) is 24.5. The average molecular weight is 505 g/mol. The van der Waals surface area contributed by atoms with Crippen LogP contribution in [0.2, 0.25) is 0 Å². The highest BCUT2D eigenvalue weighted by molar-refractivity contribution is 8.26. The molecule has 0 aliphatic carbocycles. The Morgan fingerprint density at radius 2 is 1.63 bits per heavy atom. The van der Waals surface area contributed by atoms with Crippen LogP contribution in [0.15, 0.2) is 83.8 Å². The number of thioether (sulfide) groups is 1. The summed E-state index contributed by atoms with van der Waals surface area (Å²) >= 11 is 6.64. The molecule has 1 heterocycles. The maximum atomic E-state index is 13.4. The maximum Gasteiger partial charge on any atom is 0.266 e. The van der Waals surface area contributed by atoms with E-state index in [1.54, 1.807) is 37.3 Å². The van der Waals surface area contributed by atoms with E-state index in [0.29, 0.717) is 27.3 Å². The van der Waals surface area contributed by atoms with E-state index in [1.165, 1.54) is 16.7 Å². The highest BCUT2D eigenvalue weighted by atomic mass is 32.2. The Labute approximate surface area is 214 Å². The molecule has 0 radical (unpaired) electrons. The fourth-order valence-electron chi connectivity index (χ4n) is 3.65. The van der Waals surface area contributed by atoms with E-state index >= 15 is 0 Å². The molecule has 1 aliphatic heterocycles. The zero-order valence-corrected chi connectivity index (χ0v) is 21.0. The van der Waals surface area contributed by atoms with Crippen LogP contribution in [0.4, 0.5) is 5.69 Å². The van der Waals surface area contributed by atoms with Crippen molar-refractivity contribution >= 4 is 51.9 Å². The Morgan fingerprint density at radius 3 is 2.29 bits per heavy atom. The van der Waals surface area contributed by atoms with Crippen LogP contribution >= 0.6 is 24.0 Å². The van der Waals surface area contributed by atoms with Crippen LogP contribution in [-0.2, 0) is 16.1 Å². The molecule has 35 heavy (non-hydrogen) atoms. The van der Waals surface area contributed by atoms with E-state index in [1.807, 2.05) is 66.7 Å². The van der Waals surface area contributed by atoms with E-state index in [4.69, 9.17) is 21.7 Å². The average Bonchev–Trinajstić information content (AvgIpc) is 3.15. The summed E-state index contributed by atoms with van der Waals surface area (Å²) in [5.74, 6) is 0.646. The van der Waals surface area contributed by atoms with E-state index in [0.717, 1.165) is 16.8 Å². The zero-order chi connectivity index (χ0) is 24.8. The summed E-state index contributed by atoms with van der Waals surface area (Å²) in [6.45, 7) is 0.246. The number of nitrogens with zero attached hydrogens (tertiary/aromatic N) is 2. The van der Waals surface area contributed by atoms with Crippen molar-refractivity contribution in [2.24, 2.45) is 0 Å². The molecule has 0 bridgehead atoms. The molecular weight excluding hydrogens is 480 g/mol. The summed E-state index contributed by atoms with van der Waals surface area (Å²) in [5.41, 5.74) is 2.51. The third kappa shape index (κ3) is 5.72. The highest BCUT2D eigenvalue weighted by Crippen LogP contribution is 2.35. The predicted molar refractivity (Wildman–Crippen MR) is 143 cm³/mol. The Morgan fingerprint density at radius 1 is 0.971 bits per heavy atom. The fraction of sp³-hybridized carbons (Fsp3) is 0.148. The highest BCUT2D eigenvalue weighted by Gasteiger charge is 2.34. The molecule has 0 saturated carbocycles. The van der Waals surface area contributed by atoms with Crippen molar-refractivity contribution in [1.29, 1.82) is 0 Å². The lowest BCUT2D eigenvalue weighted by Crippen LogP contribution is -2.42. The molecule has 1 fully saturated rings. The Hall–Kier alpha value is -3.62. The molecule has 6 nitrogen and oxygen atoms in total.